The molecule has 0 aromatic carbocycles. The molecular formula is C12H27N3OS. The van der Waals surface area contributed by atoms with E-state index in [-0.39, 0.29) is 11.9 Å². The lowest BCUT2D eigenvalue weighted by Gasteiger charge is -2.21. The molecule has 102 valence electrons. The fourth-order valence-corrected chi connectivity index (χ4v) is 1.94. The quantitative estimate of drug-likeness (QED) is 0.368. The van der Waals surface area contributed by atoms with Crippen molar-refractivity contribution < 1.29 is 4.79 Å². The molecule has 0 aliphatic heterocycles. The van der Waals surface area contributed by atoms with Crippen LogP contribution in [-0.2, 0) is 4.79 Å². The molecule has 0 aliphatic carbocycles. The van der Waals surface area contributed by atoms with Gasteiger partial charge in [0.25, 0.3) is 0 Å². The van der Waals surface area contributed by atoms with E-state index in [9.17, 15) is 4.79 Å². The molecule has 0 heterocycles. The molecule has 4 nitrogen and oxygen atoms in total. The summed E-state index contributed by atoms with van der Waals surface area (Å²) in [4.78, 5) is 11.8. The van der Waals surface area contributed by atoms with Crippen molar-refractivity contribution in [3.8, 4) is 0 Å². The number of hydrogen-bond donors (Lipinski definition) is 4. The van der Waals surface area contributed by atoms with Gasteiger partial charge in [-0.3, -0.25) is 4.79 Å². The Hall–Kier alpha value is -0.260. The van der Waals surface area contributed by atoms with Crippen molar-refractivity contribution in [2.45, 2.75) is 51.6 Å². The van der Waals surface area contributed by atoms with E-state index in [1.165, 1.54) is 0 Å². The third-order valence-electron chi connectivity index (χ3n) is 2.63. The van der Waals surface area contributed by atoms with Gasteiger partial charge in [0.15, 0.2) is 0 Å². The fraction of sp³-hybridized carbons (Fsp3) is 0.917. The van der Waals surface area contributed by atoms with E-state index in [0.717, 1.165) is 19.3 Å². The molecule has 0 spiro atoms. The maximum absolute atomic E-state index is 11.8. The van der Waals surface area contributed by atoms with Crippen molar-refractivity contribution in [2.24, 2.45) is 17.4 Å². The van der Waals surface area contributed by atoms with Crippen LogP contribution in [0.1, 0.15) is 39.5 Å². The number of rotatable bonds is 9. The minimum atomic E-state index is -0.420. The van der Waals surface area contributed by atoms with Crippen LogP contribution in [0.25, 0.3) is 0 Å². The number of unbranched alkanes of at least 4 members (excludes halogenated alkanes) is 1. The smallest absolute Gasteiger partial charge is 0.237 e. The molecule has 0 bridgehead atoms. The number of hydrogen-bond acceptors (Lipinski definition) is 4. The van der Waals surface area contributed by atoms with Crippen LogP contribution in [0.5, 0.6) is 0 Å². The maximum atomic E-state index is 11.8. The van der Waals surface area contributed by atoms with E-state index in [2.05, 4.69) is 31.8 Å². The van der Waals surface area contributed by atoms with Gasteiger partial charge in [-0.2, -0.15) is 12.6 Å². The second-order valence-corrected chi connectivity index (χ2v) is 5.27. The van der Waals surface area contributed by atoms with Gasteiger partial charge in [-0.25, -0.2) is 0 Å². The second kappa shape index (κ2) is 9.74. The van der Waals surface area contributed by atoms with Gasteiger partial charge in [0, 0.05) is 11.8 Å². The highest BCUT2D eigenvalue weighted by Crippen LogP contribution is 2.07. The highest BCUT2D eigenvalue weighted by Gasteiger charge is 2.17. The maximum Gasteiger partial charge on any atom is 0.237 e. The van der Waals surface area contributed by atoms with Crippen molar-refractivity contribution in [1.82, 2.24) is 5.32 Å². The van der Waals surface area contributed by atoms with Crippen LogP contribution in [0.2, 0.25) is 0 Å². The lowest BCUT2D eigenvalue weighted by Crippen LogP contribution is -2.46. The van der Waals surface area contributed by atoms with Crippen molar-refractivity contribution in [3.05, 3.63) is 0 Å². The molecule has 2 atom stereocenters. The van der Waals surface area contributed by atoms with Gasteiger partial charge in [-0.15, -0.1) is 0 Å². The summed E-state index contributed by atoms with van der Waals surface area (Å²) >= 11 is 4.25. The van der Waals surface area contributed by atoms with E-state index < -0.39 is 6.04 Å². The predicted octanol–water partition coefficient (Wildman–Crippen LogP) is 0.903. The Morgan fingerprint density at radius 3 is 2.47 bits per heavy atom. The number of thiol groups is 1. The summed E-state index contributed by atoms with van der Waals surface area (Å²) in [6.07, 6.45) is 3.46. The number of carbonyl (C=O) groups excluding carboxylic acids is 1. The minimum absolute atomic E-state index is 0.0679. The molecule has 0 aromatic rings. The Balaban J connectivity index is 3.94. The van der Waals surface area contributed by atoms with Crippen LogP contribution in [0.4, 0.5) is 0 Å². The lowest BCUT2D eigenvalue weighted by molar-refractivity contribution is -0.123. The Morgan fingerprint density at radius 2 is 2.00 bits per heavy atom. The number of nitrogens with two attached hydrogens (primary N) is 2. The number of nitrogens with one attached hydrogen (secondary N) is 1. The van der Waals surface area contributed by atoms with Gasteiger partial charge < -0.3 is 16.8 Å². The standard InChI is InChI=1S/C12H27N3OS/c1-9(2)7-10(8-17)15-12(16)11(14)5-3-4-6-13/h9-11,17H,3-8,13-14H2,1-2H3,(H,15,16)/t10-,11-/m1/s1. The Morgan fingerprint density at radius 1 is 1.35 bits per heavy atom. The summed E-state index contributed by atoms with van der Waals surface area (Å²) in [5.74, 6) is 1.13. The largest absolute Gasteiger partial charge is 0.351 e. The minimum Gasteiger partial charge on any atom is -0.351 e. The molecular weight excluding hydrogens is 234 g/mol. The topological polar surface area (TPSA) is 81.1 Å². The zero-order valence-corrected chi connectivity index (χ0v) is 11.9. The molecule has 0 rings (SSSR count). The first-order valence-corrected chi connectivity index (χ1v) is 7.01. The third kappa shape index (κ3) is 8.46. The molecule has 0 saturated heterocycles. The van der Waals surface area contributed by atoms with Crippen molar-refractivity contribution >= 4 is 18.5 Å². The molecule has 0 aliphatic rings. The molecule has 5 heteroatoms. The molecule has 0 unspecified atom stereocenters. The first kappa shape index (κ1) is 16.7. The van der Waals surface area contributed by atoms with E-state index in [4.69, 9.17) is 11.5 Å². The summed E-state index contributed by atoms with van der Waals surface area (Å²) in [6.45, 7) is 4.91. The van der Waals surface area contributed by atoms with Crippen molar-refractivity contribution in [3.63, 3.8) is 0 Å². The van der Waals surface area contributed by atoms with Crippen LogP contribution in [-0.4, -0.2) is 30.3 Å². The molecule has 0 saturated carbocycles. The van der Waals surface area contributed by atoms with Gasteiger partial charge in [-0.05, 0) is 31.7 Å². The zero-order chi connectivity index (χ0) is 13.3. The summed E-state index contributed by atoms with van der Waals surface area (Å²) in [5.41, 5.74) is 11.2. The van der Waals surface area contributed by atoms with Crippen LogP contribution < -0.4 is 16.8 Å². The zero-order valence-electron chi connectivity index (χ0n) is 11.0. The summed E-state index contributed by atoms with van der Waals surface area (Å²) in [6, 6.07) is -0.303. The van der Waals surface area contributed by atoms with Crippen LogP contribution in [0.3, 0.4) is 0 Å². The van der Waals surface area contributed by atoms with Crippen molar-refractivity contribution in [1.29, 1.82) is 0 Å². The highest BCUT2D eigenvalue weighted by molar-refractivity contribution is 7.80. The molecule has 0 radical (unpaired) electrons. The first-order chi connectivity index (χ1) is 8.01. The Labute approximate surface area is 110 Å². The second-order valence-electron chi connectivity index (χ2n) is 4.91. The van der Waals surface area contributed by atoms with Gasteiger partial charge in [0.05, 0.1) is 6.04 Å². The van der Waals surface area contributed by atoms with E-state index in [1.807, 2.05) is 0 Å². The van der Waals surface area contributed by atoms with Crippen LogP contribution in [0.15, 0.2) is 0 Å². The fourth-order valence-electron chi connectivity index (χ4n) is 1.70. The van der Waals surface area contributed by atoms with Gasteiger partial charge in [-0.1, -0.05) is 20.3 Å². The Kier molecular flexibility index (Phi) is 9.59. The van der Waals surface area contributed by atoms with E-state index in [1.54, 1.807) is 0 Å². The van der Waals surface area contributed by atoms with E-state index >= 15 is 0 Å². The monoisotopic (exact) mass is 261 g/mol. The SMILES string of the molecule is CC(C)C[C@H](CS)NC(=O)[C@H](N)CCCCN. The molecule has 0 fully saturated rings. The first-order valence-electron chi connectivity index (χ1n) is 6.38. The van der Waals surface area contributed by atoms with E-state index in [0.29, 0.717) is 24.6 Å². The lowest BCUT2D eigenvalue weighted by atomic mass is 10.0. The average molecular weight is 261 g/mol. The van der Waals surface area contributed by atoms with Crippen LogP contribution in [0, 0.1) is 5.92 Å². The average Bonchev–Trinajstić information content (AvgIpc) is 2.27. The summed E-state index contributed by atoms with van der Waals surface area (Å²) < 4.78 is 0. The molecule has 17 heavy (non-hydrogen) atoms. The molecule has 5 N–H and O–H groups in total. The predicted molar refractivity (Wildman–Crippen MR) is 76.1 cm³/mol. The Bertz CT molecular complexity index is 212. The number of carbonyl (C=O) groups is 1. The van der Waals surface area contributed by atoms with Gasteiger partial charge in [0.2, 0.25) is 5.91 Å². The van der Waals surface area contributed by atoms with Crippen molar-refractivity contribution in [2.75, 3.05) is 12.3 Å². The van der Waals surface area contributed by atoms with Gasteiger partial charge in [0.1, 0.15) is 0 Å². The molecule has 0 aromatic heterocycles. The molecule has 1 amide bonds. The normalized spacial score (nSPS) is 14.7. The summed E-state index contributed by atoms with van der Waals surface area (Å²) in [5, 5.41) is 2.95. The van der Waals surface area contributed by atoms with Crippen LogP contribution >= 0.6 is 12.6 Å². The number of amides is 1. The summed E-state index contributed by atoms with van der Waals surface area (Å²) in [7, 11) is 0. The van der Waals surface area contributed by atoms with Gasteiger partial charge >= 0.3 is 0 Å². The highest BCUT2D eigenvalue weighted by atomic mass is 32.1. The third-order valence-corrected chi connectivity index (χ3v) is 3.07.